The number of methoxy groups -OCH3 is 2. The summed E-state index contributed by atoms with van der Waals surface area (Å²) in [4.78, 5) is 26.6. The number of nitrogens with zero attached hydrogens (tertiary/aromatic N) is 1. The third-order valence-corrected chi connectivity index (χ3v) is 5.00. The van der Waals surface area contributed by atoms with Crippen molar-refractivity contribution < 1.29 is 19.1 Å². The van der Waals surface area contributed by atoms with Crippen LogP contribution in [-0.4, -0.2) is 26.2 Å². The zero-order chi connectivity index (χ0) is 19.0. The van der Waals surface area contributed by atoms with E-state index >= 15 is 0 Å². The van der Waals surface area contributed by atoms with Gasteiger partial charge in [0.2, 0.25) is 0 Å². The van der Waals surface area contributed by atoms with E-state index in [-0.39, 0.29) is 11.3 Å². The number of anilines is 1. The molecule has 2 aliphatic rings. The van der Waals surface area contributed by atoms with Gasteiger partial charge in [-0.2, -0.15) is 0 Å². The molecular formula is C22H19NO4. The molecule has 1 aliphatic carbocycles. The third-order valence-electron chi connectivity index (χ3n) is 5.00. The molecule has 0 spiro atoms. The molecule has 5 nitrogen and oxygen atoms in total. The lowest BCUT2D eigenvalue weighted by atomic mass is 10.0. The Labute approximate surface area is 157 Å². The number of benzene rings is 2. The minimum absolute atomic E-state index is 0.132. The number of carbonyl (C=O) groups is 2. The summed E-state index contributed by atoms with van der Waals surface area (Å²) in [7, 11) is 2.59. The lowest BCUT2D eigenvalue weighted by Gasteiger charge is -2.25. The molecular weight excluding hydrogens is 342 g/mol. The second-order valence-corrected chi connectivity index (χ2v) is 6.40. The van der Waals surface area contributed by atoms with Crippen LogP contribution in [0.2, 0.25) is 0 Å². The number of hydrogen-bond acceptors (Lipinski definition) is 5. The van der Waals surface area contributed by atoms with Crippen molar-refractivity contribution >= 4 is 28.4 Å². The van der Waals surface area contributed by atoms with E-state index in [1.807, 2.05) is 18.2 Å². The molecule has 0 saturated heterocycles. The Bertz CT molecular complexity index is 1040. The summed E-state index contributed by atoms with van der Waals surface area (Å²) in [6, 6.07) is 10.3. The Hall–Kier alpha value is -3.34. The van der Waals surface area contributed by atoms with Crippen LogP contribution in [0.1, 0.15) is 11.1 Å². The first-order chi connectivity index (χ1) is 13.2. The monoisotopic (exact) mass is 361 g/mol. The first-order valence-electron chi connectivity index (χ1n) is 8.74. The van der Waals surface area contributed by atoms with Gasteiger partial charge in [0.15, 0.2) is 0 Å². The standard InChI is InChI=1S/C22H19NO4/c1-26-21(24)17-7-3-4-13-23(20(17)22(25)27-2)18-12-11-15-10-9-14-6-5-8-16(18)19(14)15/h3-8,11-13H,9-10H2,1-2H3. The van der Waals surface area contributed by atoms with Crippen molar-refractivity contribution in [2.24, 2.45) is 0 Å². The first-order valence-corrected chi connectivity index (χ1v) is 8.74. The average Bonchev–Trinajstić information content (AvgIpc) is 3.00. The molecule has 5 heteroatoms. The number of allylic oxidation sites excluding steroid dienone is 2. The van der Waals surface area contributed by atoms with Gasteiger partial charge in [-0.1, -0.05) is 30.3 Å². The molecule has 0 unspecified atom stereocenters. The van der Waals surface area contributed by atoms with Gasteiger partial charge < -0.3 is 14.4 Å². The van der Waals surface area contributed by atoms with E-state index in [9.17, 15) is 9.59 Å². The van der Waals surface area contributed by atoms with Crippen molar-refractivity contribution in [1.29, 1.82) is 0 Å². The molecule has 2 aromatic carbocycles. The molecule has 136 valence electrons. The van der Waals surface area contributed by atoms with Crippen LogP contribution in [0, 0.1) is 0 Å². The van der Waals surface area contributed by atoms with Crippen molar-refractivity contribution in [2.45, 2.75) is 12.8 Å². The SMILES string of the molecule is COC(=O)C1=C(C(=O)OC)N(c2ccc3c4c(cccc24)CC3)C=CC=C1. The number of carbonyl (C=O) groups excluding carboxylic acids is 2. The Balaban J connectivity index is 1.99. The Morgan fingerprint density at radius 3 is 2.41 bits per heavy atom. The quantitative estimate of drug-likeness (QED) is 0.784. The first kappa shape index (κ1) is 17.1. The summed E-state index contributed by atoms with van der Waals surface area (Å²) in [6.45, 7) is 0. The van der Waals surface area contributed by atoms with Gasteiger partial charge in [0, 0.05) is 11.6 Å². The van der Waals surface area contributed by atoms with Gasteiger partial charge in [0.1, 0.15) is 5.70 Å². The molecule has 27 heavy (non-hydrogen) atoms. The lowest BCUT2D eigenvalue weighted by molar-refractivity contribution is -0.139. The van der Waals surface area contributed by atoms with Gasteiger partial charge in [-0.3, -0.25) is 0 Å². The van der Waals surface area contributed by atoms with Crippen LogP contribution in [0.25, 0.3) is 10.8 Å². The van der Waals surface area contributed by atoms with Crippen molar-refractivity contribution in [3.8, 4) is 0 Å². The van der Waals surface area contributed by atoms with Crippen molar-refractivity contribution in [2.75, 3.05) is 19.1 Å². The molecule has 2 aromatic rings. The predicted molar refractivity (Wildman–Crippen MR) is 103 cm³/mol. The van der Waals surface area contributed by atoms with Crippen molar-refractivity contribution in [3.05, 3.63) is 77.2 Å². The van der Waals surface area contributed by atoms with E-state index in [4.69, 9.17) is 9.47 Å². The second kappa shape index (κ2) is 6.76. The molecule has 0 fully saturated rings. The number of hydrogen-bond donors (Lipinski definition) is 0. The zero-order valence-corrected chi connectivity index (χ0v) is 15.2. The number of ether oxygens (including phenoxy) is 2. The molecule has 4 rings (SSSR count). The van der Waals surface area contributed by atoms with E-state index < -0.39 is 11.9 Å². The second-order valence-electron chi connectivity index (χ2n) is 6.40. The summed E-state index contributed by atoms with van der Waals surface area (Å²) >= 11 is 0. The number of esters is 2. The van der Waals surface area contributed by atoms with Crippen molar-refractivity contribution in [1.82, 2.24) is 0 Å². The molecule has 0 amide bonds. The maximum absolute atomic E-state index is 12.6. The fraction of sp³-hybridized carbons (Fsp3) is 0.182. The van der Waals surface area contributed by atoms with E-state index in [1.165, 1.54) is 30.7 Å². The zero-order valence-electron chi connectivity index (χ0n) is 15.2. The van der Waals surface area contributed by atoms with Gasteiger partial charge in [-0.15, -0.1) is 0 Å². The van der Waals surface area contributed by atoms with E-state index in [0.29, 0.717) is 0 Å². The van der Waals surface area contributed by atoms with Gasteiger partial charge in [-0.25, -0.2) is 9.59 Å². The molecule has 0 atom stereocenters. The van der Waals surface area contributed by atoms with Crippen LogP contribution in [0.4, 0.5) is 5.69 Å². The van der Waals surface area contributed by atoms with Gasteiger partial charge in [-0.05, 0) is 47.6 Å². The summed E-state index contributed by atoms with van der Waals surface area (Å²) in [5, 5.41) is 2.27. The molecule has 1 heterocycles. The van der Waals surface area contributed by atoms with Crippen LogP contribution in [0.15, 0.2) is 66.0 Å². The Morgan fingerprint density at radius 1 is 0.926 bits per heavy atom. The predicted octanol–water partition coefficient (Wildman–Crippen LogP) is 3.43. The Morgan fingerprint density at radius 2 is 1.67 bits per heavy atom. The summed E-state index contributed by atoms with van der Waals surface area (Å²) in [5.74, 6) is -1.19. The van der Waals surface area contributed by atoms with Gasteiger partial charge >= 0.3 is 11.9 Å². The molecule has 0 bridgehead atoms. The Kier molecular flexibility index (Phi) is 4.28. The molecule has 0 aromatic heterocycles. The molecule has 1 aliphatic heterocycles. The highest BCUT2D eigenvalue weighted by Crippen LogP contribution is 2.38. The summed E-state index contributed by atoms with van der Waals surface area (Å²) in [6.07, 6.45) is 8.84. The molecule has 0 N–H and O–H groups in total. The normalized spacial score (nSPS) is 15.3. The summed E-state index contributed by atoms with van der Waals surface area (Å²) < 4.78 is 9.86. The lowest BCUT2D eigenvalue weighted by Crippen LogP contribution is -2.27. The van der Waals surface area contributed by atoms with Crippen molar-refractivity contribution in [3.63, 3.8) is 0 Å². The minimum atomic E-state index is -0.602. The third kappa shape index (κ3) is 2.72. The van der Waals surface area contributed by atoms with E-state index in [2.05, 4.69) is 12.1 Å². The fourth-order valence-corrected chi connectivity index (χ4v) is 3.79. The van der Waals surface area contributed by atoms with Gasteiger partial charge in [0.05, 0.1) is 25.5 Å². The largest absolute Gasteiger partial charge is 0.465 e. The number of aryl methyl sites for hydroxylation is 2. The van der Waals surface area contributed by atoms with Crippen LogP contribution in [0.5, 0.6) is 0 Å². The van der Waals surface area contributed by atoms with Crippen LogP contribution in [0.3, 0.4) is 0 Å². The highest BCUT2D eigenvalue weighted by Gasteiger charge is 2.29. The van der Waals surface area contributed by atoms with E-state index in [1.54, 1.807) is 29.3 Å². The maximum atomic E-state index is 12.6. The minimum Gasteiger partial charge on any atom is -0.465 e. The van der Waals surface area contributed by atoms with E-state index in [0.717, 1.165) is 23.9 Å². The fourth-order valence-electron chi connectivity index (χ4n) is 3.79. The average molecular weight is 361 g/mol. The summed E-state index contributed by atoms with van der Waals surface area (Å²) in [5.41, 5.74) is 3.71. The molecule has 0 radical (unpaired) electrons. The van der Waals surface area contributed by atoms with Crippen LogP contribution < -0.4 is 4.90 Å². The maximum Gasteiger partial charge on any atom is 0.355 e. The molecule has 0 saturated carbocycles. The topological polar surface area (TPSA) is 55.8 Å². The van der Waals surface area contributed by atoms with Crippen LogP contribution in [-0.2, 0) is 31.9 Å². The smallest absolute Gasteiger partial charge is 0.355 e. The van der Waals surface area contributed by atoms with Crippen LogP contribution >= 0.6 is 0 Å². The highest BCUT2D eigenvalue weighted by molar-refractivity contribution is 6.08. The highest BCUT2D eigenvalue weighted by atomic mass is 16.5. The number of rotatable bonds is 3. The van der Waals surface area contributed by atoms with Gasteiger partial charge in [0.25, 0.3) is 0 Å².